The standard InChI is InChI=1S/C15H15N.ClH/c1-2-6-13(11-16)15-10-5-8-12-7-3-4-9-14(12)15;/h3-5,7-10,13H,2,6H2,1H3;1H. The van der Waals surface area contributed by atoms with Crippen LogP contribution in [0, 0.1) is 11.3 Å². The van der Waals surface area contributed by atoms with Crippen molar-refractivity contribution in [3.63, 3.8) is 0 Å². The van der Waals surface area contributed by atoms with E-state index in [1.165, 1.54) is 16.3 Å². The van der Waals surface area contributed by atoms with Crippen molar-refractivity contribution in [2.45, 2.75) is 25.7 Å². The third-order valence-electron chi connectivity index (χ3n) is 2.93. The number of fused-ring (bicyclic) bond motifs is 1. The second kappa shape index (κ2) is 6.27. The first-order valence-electron chi connectivity index (χ1n) is 5.74. The fraction of sp³-hybridized carbons (Fsp3) is 0.267. The molecule has 0 saturated heterocycles. The highest BCUT2D eigenvalue weighted by Gasteiger charge is 2.11. The van der Waals surface area contributed by atoms with E-state index in [9.17, 15) is 5.26 Å². The van der Waals surface area contributed by atoms with Crippen molar-refractivity contribution in [2.75, 3.05) is 0 Å². The molecule has 0 bridgehead atoms. The number of hydrogen-bond acceptors (Lipinski definition) is 1. The van der Waals surface area contributed by atoms with Gasteiger partial charge in [0.05, 0.1) is 12.0 Å². The molecule has 0 saturated carbocycles. The van der Waals surface area contributed by atoms with E-state index in [-0.39, 0.29) is 18.3 Å². The minimum absolute atomic E-state index is 0. The van der Waals surface area contributed by atoms with Gasteiger partial charge in [-0.2, -0.15) is 5.26 Å². The Labute approximate surface area is 108 Å². The quantitative estimate of drug-likeness (QED) is 0.771. The molecule has 2 aromatic rings. The third kappa shape index (κ3) is 2.78. The molecular formula is C15H16ClN. The van der Waals surface area contributed by atoms with Gasteiger partial charge in [-0.25, -0.2) is 0 Å². The Balaban J connectivity index is 0.00000144. The van der Waals surface area contributed by atoms with Crippen molar-refractivity contribution in [1.82, 2.24) is 0 Å². The maximum absolute atomic E-state index is 9.22. The van der Waals surface area contributed by atoms with Crippen LogP contribution in [-0.2, 0) is 0 Å². The van der Waals surface area contributed by atoms with E-state index >= 15 is 0 Å². The van der Waals surface area contributed by atoms with Crippen molar-refractivity contribution in [2.24, 2.45) is 0 Å². The van der Waals surface area contributed by atoms with Crippen LogP contribution in [0.25, 0.3) is 10.8 Å². The smallest absolute Gasteiger partial charge is 0.0718 e. The molecule has 88 valence electrons. The van der Waals surface area contributed by atoms with Crippen molar-refractivity contribution >= 4 is 23.2 Å². The number of nitriles is 1. The van der Waals surface area contributed by atoms with Gasteiger partial charge in [0.15, 0.2) is 0 Å². The Kier molecular flexibility index (Phi) is 5.00. The molecule has 0 radical (unpaired) electrons. The summed E-state index contributed by atoms with van der Waals surface area (Å²) in [5.41, 5.74) is 1.17. The predicted molar refractivity (Wildman–Crippen MR) is 74.5 cm³/mol. The summed E-state index contributed by atoms with van der Waals surface area (Å²) in [7, 11) is 0. The van der Waals surface area contributed by atoms with Gasteiger partial charge in [0.2, 0.25) is 0 Å². The summed E-state index contributed by atoms with van der Waals surface area (Å²) in [5.74, 6) is 0.0242. The largest absolute Gasteiger partial charge is 0.198 e. The lowest BCUT2D eigenvalue weighted by Gasteiger charge is -2.11. The summed E-state index contributed by atoms with van der Waals surface area (Å²) in [5, 5.41) is 11.7. The van der Waals surface area contributed by atoms with E-state index in [2.05, 4.69) is 37.3 Å². The second-order valence-electron chi connectivity index (χ2n) is 4.04. The lowest BCUT2D eigenvalue weighted by atomic mass is 9.91. The molecular weight excluding hydrogens is 230 g/mol. The molecule has 2 rings (SSSR count). The fourth-order valence-corrected chi connectivity index (χ4v) is 2.13. The Hall–Kier alpha value is -1.52. The van der Waals surface area contributed by atoms with Crippen molar-refractivity contribution < 1.29 is 0 Å². The van der Waals surface area contributed by atoms with Gasteiger partial charge >= 0.3 is 0 Å². The van der Waals surface area contributed by atoms with Crippen LogP contribution >= 0.6 is 12.4 Å². The third-order valence-corrected chi connectivity index (χ3v) is 2.93. The summed E-state index contributed by atoms with van der Waals surface area (Å²) >= 11 is 0. The minimum Gasteiger partial charge on any atom is -0.198 e. The molecule has 17 heavy (non-hydrogen) atoms. The molecule has 1 nitrogen and oxygen atoms in total. The molecule has 1 unspecified atom stereocenters. The van der Waals surface area contributed by atoms with E-state index in [1.807, 2.05) is 18.2 Å². The number of rotatable bonds is 3. The van der Waals surface area contributed by atoms with Gasteiger partial charge in [0.1, 0.15) is 0 Å². The van der Waals surface area contributed by atoms with Crippen LogP contribution in [0.3, 0.4) is 0 Å². The number of nitrogens with zero attached hydrogens (tertiary/aromatic N) is 1. The minimum atomic E-state index is 0. The van der Waals surface area contributed by atoms with Crippen molar-refractivity contribution in [1.29, 1.82) is 5.26 Å². The monoisotopic (exact) mass is 245 g/mol. The second-order valence-corrected chi connectivity index (χ2v) is 4.04. The number of hydrogen-bond donors (Lipinski definition) is 0. The Morgan fingerprint density at radius 2 is 1.82 bits per heavy atom. The van der Waals surface area contributed by atoms with Crippen molar-refractivity contribution in [3.05, 3.63) is 48.0 Å². The van der Waals surface area contributed by atoms with Gasteiger partial charge in [-0.15, -0.1) is 12.4 Å². The van der Waals surface area contributed by atoms with E-state index in [0.29, 0.717) is 0 Å². The molecule has 0 aromatic heterocycles. The van der Waals surface area contributed by atoms with E-state index in [1.54, 1.807) is 0 Å². The molecule has 0 amide bonds. The highest BCUT2D eigenvalue weighted by Crippen LogP contribution is 2.28. The first-order chi connectivity index (χ1) is 7.86. The molecule has 2 aromatic carbocycles. The Morgan fingerprint density at radius 1 is 1.12 bits per heavy atom. The molecule has 0 heterocycles. The Morgan fingerprint density at radius 3 is 2.53 bits per heavy atom. The lowest BCUT2D eigenvalue weighted by Crippen LogP contribution is -1.96. The van der Waals surface area contributed by atoms with Crippen molar-refractivity contribution in [3.8, 4) is 6.07 Å². The highest BCUT2D eigenvalue weighted by atomic mass is 35.5. The molecule has 0 N–H and O–H groups in total. The highest BCUT2D eigenvalue weighted by molar-refractivity contribution is 5.86. The van der Waals surface area contributed by atoms with Gasteiger partial charge in [-0.05, 0) is 22.8 Å². The van der Waals surface area contributed by atoms with Crippen LogP contribution in [-0.4, -0.2) is 0 Å². The maximum atomic E-state index is 9.22. The van der Waals surface area contributed by atoms with Crippen LogP contribution in [0.15, 0.2) is 42.5 Å². The average Bonchev–Trinajstić information content (AvgIpc) is 2.35. The van der Waals surface area contributed by atoms with Crippen LogP contribution in [0.1, 0.15) is 31.2 Å². The molecule has 1 atom stereocenters. The van der Waals surface area contributed by atoms with E-state index in [0.717, 1.165) is 12.8 Å². The van der Waals surface area contributed by atoms with Gasteiger partial charge in [-0.1, -0.05) is 55.8 Å². The average molecular weight is 246 g/mol. The van der Waals surface area contributed by atoms with Gasteiger partial charge in [-0.3, -0.25) is 0 Å². The molecule has 0 aliphatic carbocycles. The summed E-state index contributed by atoms with van der Waals surface area (Å²) in [6.45, 7) is 2.12. The van der Waals surface area contributed by atoms with Gasteiger partial charge in [0.25, 0.3) is 0 Å². The zero-order valence-corrected chi connectivity index (χ0v) is 10.7. The van der Waals surface area contributed by atoms with Crippen LogP contribution in [0.4, 0.5) is 0 Å². The van der Waals surface area contributed by atoms with E-state index in [4.69, 9.17) is 0 Å². The normalized spacial score (nSPS) is 11.5. The lowest BCUT2D eigenvalue weighted by molar-refractivity contribution is 0.731. The number of halogens is 1. The summed E-state index contributed by atoms with van der Waals surface area (Å²) in [6, 6.07) is 16.9. The summed E-state index contributed by atoms with van der Waals surface area (Å²) in [4.78, 5) is 0. The molecule has 0 spiro atoms. The fourth-order valence-electron chi connectivity index (χ4n) is 2.13. The van der Waals surface area contributed by atoms with E-state index < -0.39 is 0 Å². The molecule has 2 heteroatoms. The topological polar surface area (TPSA) is 23.8 Å². The van der Waals surface area contributed by atoms with Crippen LogP contribution in [0.5, 0.6) is 0 Å². The molecule has 0 aliphatic rings. The molecule has 0 fully saturated rings. The van der Waals surface area contributed by atoms with Crippen LogP contribution < -0.4 is 0 Å². The van der Waals surface area contributed by atoms with Gasteiger partial charge in [0, 0.05) is 0 Å². The maximum Gasteiger partial charge on any atom is 0.0718 e. The number of benzene rings is 2. The zero-order valence-electron chi connectivity index (χ0n) is 9.89. The molecule has 0 aliphatic heterocycles. The SMILES string of the molecule is CCCC(C#N)c1cccc2ccccc12.Cl. The Bertz CT molecular complexity index is 522. The first kappa shape index (κ1) is 13.5. The van der Waals surface area contributed by atoms with Gasteiger partial charge < -0.3 is 0 Å². The summed E-state index contributed by atoms with van der Waals surface area (Å²) < 4.78 is 0. The van der Waals surface area contributed by atoms with Crippen LogP contribution in [0.2, 0.25) is 0 Å². The zero-order chi connectivity index (χ0) is 11.4. The predicted octanol–water partition coefficient (Wildman–Crippen LogP) is 4.67. The summed E-state index contributed by atoms with van der Waals surface area (Å²) in [6.07, 6.45) is 1.98. The first-order valence-corrected chi connectivity index (χ1v) is 5.74.